The first-order chi connectivity index (χ1) is 7.97. The molecule has 1 aromatic rings. The average Bonchev–Trinajstić information content (AvgIpc) is 2.19. The lowest BCUT2D eigenvalue weighted by Crippen LogP contribution is -2.16. The molecule has 0 fully saturated rings. The van der Waals surface area contributed by atoms with Crippen LogP contribution in [0.3, 0.4) is 0 Å². The summed E-state index contributed by atoms with van der Waals surface area (Å²) in [5.74, 6) is 1.51. The Bertz CT molecular complexity index is 365. The van der Waals surface area contributed by atoms with E-state index in [-0.39, 0.29) is 18.3 Å². The van der Waals surface area contributed by atoms with E-state index in [0.717, 1.165) is 6.42 Å². The number of aromatic nitrogens is 1. The van der Waals surface area contributed by atoms with Gasteiger partial charge in [0.15, 0.2) is 0 Å². The van der Waals surface area contributed by atoms with Crippen LogP contribution >= 0.6 is 12.4 Å². The summed E-state index contributed by atoms with van der Waals surface area (Å²) >= 11 is 0. The summed E-state index contributed by atoms with van der Waals surface area (Å²) in [7, 11) is 0. The van der Waals surface area contributed by atoms with Gasteiger partial charge in [0, 0.05) is 6.42 Å². The Morgan fingerprint density at radius 1 is 1.39 bits per heavy atom. The number of carbonyl (C=O) groups is 1. The summed E-state index contributed by atoms with van der Waals surface area (Å²) in [4.78, 5) is 15.6. The van der Waals surface area contributed by atoms with Crippen molar-refractivity contribution in [2.75, 3.05) is 11.1 Å². The number of rotatable bonds is 5. The minimum atomic E-state index is 0. The van der Waals surface area contributed by atoms with E-state index in [0.29, 0.717) is 29.8 Å². The van der Waals surface area contributed by atoms with Gasteiger partial charge in [-0.2, -0.15) is 0 Å². The number of hydrogen-bond donors (Lipinski definition) is 2. The maximum atomic E-state index is 11.7. The molecular weight excluding hydrogens is 250 g/mol. The van der Waals surface area contributed by atoms with Crippen molar-refractivity contribution in [2.45, 2.75) is 33.6 Å². The van der Waals surface area contributed by atoms with Gasteiger partial charge in [0.05, 0.1) is 11.9 Å². The van der Waals surface area contributed by atoms with Crippen molar-refractivity contribution in [1.29, 1.82) is 0 Å². The van der Waals surface area contributed by atoms with E-state index in [9.17, 15) is 4.79 Å². The number of pyridine rings is 1. The monoisotopic (exact) mass is 271 g/mol. The summed E-state index contributed by atoms with van der Waals surface area (Å²) in [6.45, 7) is 6.43. The Morgan fingerprint density at radius 2 is 2.06 bits per heavy atom. The van der Waals surface area contributed by atoms with Crippen molar-refractivity contribution >= 4 is 29.8 Å². The minimum absolute atomic E-state index is 0. The molecule has 3 N–H and O–H groups in total. The molecule has 0 saturated carbocycles. The molecule has 0 aliphatic carbocycles. The average molecular weight is 272 g/mol. The molecule has 1 aromatic heterocycles. The second kappa shape index (κ2) is 7.93. The van der Waals surface area contributed by atoms with E-state index in [1.807, 2.05) is 0 Å². The molecule has 0 aliphatic rings. The number of anilines is 2. The first-order valence-corrected chi connectivity index (χ1v) is 5.98. The topological polar surface area (TPSA) is 68.0 Å². The molecule has 0 radical (unpaired) electrons. The van der Waals surface area contributed by atoms with Crippen LogP contribution in [-0.4, -0.2) is 10.9 Å². The Kier molecular flexibility index (Phi) is 7.36. The minimum Gasteiger partial charge on any atom is -0.384 e. The normalized spacial score (nSPS) is 11.8. The van der Waals surface area contributed by atoms with Crippen molar-refractivity contribution in [3.8, 4) is 0 Å². The zero-order valence-corrected chi connectivity index (χ0v) is 12.0. The highest BCUT2D eigenvalue weighted by Gasteiger charge is 2.10. The third-order valence-corrected chi connectivity index (χ3v) is 2.48. The van der Waals surface area contributed by atoms with Crippen molar-refractivity contribution in [3.63, 3.8) is 0 Å². The summed E-state index contributed by atoms with van der Waals surface area (Å²) in [5, 5.41) is 2.82. The van der Waals surface area contributed by atoms with E-state index >= 15 is 0 Å². The maximum Gasteiger partial charge on any atom is 0.224 e. The summed E-state index contributed by atoms with van der Waals surface area (Å²) in [6, 6.07) is 3.43. The zero-order chi connectivity index (χ0) is 12.8. The van der Waals surface area contributed by atoms with E-state index in [4.69, 9.17) is 5.73 Å². The van der Waals surface area contributed by atoms with Crippen LogP contribution < -0.4 is 11.1 Å². The van der Waals surface area contributed by atoms with Crippen LogP contribution in [0.1, 0.15) is 33.6 Å². The molecule has 0 saturated heterocycles. The predicted octanol–water partition coefficient (Wildman–Crippen LogP) is 3.10. The Balaban J connectivity index is 0.00000289. The van der Waals surface area contributed by atoms with Crippen LogP contribution in [0.2, 0.25) is 0 Å². The highest BCUT2D eigenvalue weighted by molar-refractivity contribution is 5.90. The summed E-state index contributed by atoms with van der Waals surface area (Å²) in [6.07, 6.45) is 3.18. The quantitative estimate of drug-likeness (QED) is 0.865. The van der Waals surface area contributed by atoms with Gasteiger partial charge in [-0.1, -0.05) is 20.8 Å². The Hall–Kier alpha value is -1.29. The number of halogens is 1. The van der Waals surface area contributed by atoms with E-state index in [2.05, 4.69) is 31.1 Å². The molecular formula is C13H22ClN3O. The highest BCUT2D eigenvalue weighted by atomic mass is 35.5. The summed E-state index contributed by atoms with van der Waals surface area (Å²) < 4.78 is 0. The van der Waals surface area contributed by atoms with Gasteiger partial charge in [0.1, 0.15) is 5.82 Å². The number of nitrogen functional groups attached to an aromatic ring is 1. The molecule has 4 nitrogen and oxygen atoms in total. The van der Waals surface area contributed by atoms with Crippen molar-refractivity contribution in [3.05, 3.63) is 18.3 Å². The molecule has 0 bridgehead atoms. The first kappa shape index (κ1) is 16.7. The number of nitrogens with zero attached hydrogens (tertiary/aromatic N) is 1. The Labute approximate surface area is 115 Å². The molecule has 1 unspecified atom stereocenters. The smallest absolute Gasteiger partial charge is 0.224 e. The predicted molar refractivity (Wildman–Crippen MR) is 77.8 cm³/mol. The van der Waals surface area contributed by atoms with Crippen LogP contribution in [0, 0.1) is 11.8 Å². The van der Waals surface area contributed by atoms with Gasteiger partial charge in [0.2, 0.25) is 5.91 Å². The van der Waals surface area contributed by atoms with Crippen molar-refractivity contribution < 1.29 is 4.79 Å². The number of nitrogens with two attached hydrogens (primary N) is 1. The van der Waals surface area contributed by atoms with Gasteiger partial charge in [0.25, 0.3) is 0 Å². The lowest BCUT2D eigenvalue weighted by Gasteiger charge is -2.13. The second-order valence-electron chi connectivity index (χ2n) is 4.96. The number of carbonyl (C=O) groups excluding carboxylic acids is 1. The van der Waals surface area contributed by atoms with Crippen LogP contribution in [-0.2, 0) is 4.79 Å². The van der Waals surface area contributed by atoms with Gasteiger partial charge in [-0.15, -0.1) is 12.4 Å². The molecule has 0 aliphatic heterocycles. The van der Waals surface area contributed by atoms with E-state index in [1.54, 1.807) is 18.3 Å². The molecule has 5 heteroatoms. The number of nitrogens with one attached hydrogen (secondary N) is 1. The third kappa shape index (κ3) is 6.45. The molecule has 0 spiro atoms. The zero-order valence-electron chi connectivity index (χ0n) is 11.1. The van der Waals surface area contributed by atoms with Crippen LogP contribution in [0.15, 0.2) is 18.3 Å². The van der Waals surface area contributed by atoms with Crippen LogP contribution in [0.25, 0.3) is 0 Å². The fourth-order valence-corrected chi connectivity index (χ4v) is 1.90. The number of hydrogen-bond acceptors (Lipinski definition) is 3. The Morgan fingerprint density at radius 3 is 2.56 bits per heavy atom. The fourth-order valence-electron chi connectivity index (χ4n) is 1.90. The van der Waals surface area contributed by atoms with E-state index < -0.39 is 0 Å². The molecule has 1 atom stereocenters. The largest absolute Gasteiger partial charge is 0.384 e. The van der Waals surface area contributed by atoms with Crippen molar-refractivity contribution in [1.82, 2.24) is 4.98 Å². The van der Waals surface area contributed by atoms with Gasteiger partial charge < -0.3 is 11.1 Å². The third-order valence-electron chi connectivity index (χ3n) is 2.48. The molecule has 1 heterocycles. The number of amides is 1. The molecule has 102 valence electrons. The van der Waals surface area contributed by atoms with Gasteiger partial charge in [-0.3, -0.25) is 4.79 Å². The molecule has 1 amide bonds. The van der Waals surface area contributed by atoms with Crippen molar-refractivity contribution in [2.24, 2.45) is 11.8 Å². The molecule has 0 aromatic carbocycles. The molecule has 18 heavy (non-hydrogen) atoms. The maximum absolute atomic E-state index is 11.7. The first-order valence-electron chi connectivity index (χ1n) is 5.98. The van der Waals surface area contributed by atoms with Gasteiger partial charge in [-0.25, -0.2) is 4.98 Å². The SMILES string of the molecule is CC(C)CC(C)CC(=O)Nc1ccc(N)nc1.Cl. The van der Waals surface area contributed by atoms with Gasteiger partial charge >= 0.3 is 0 Å². The highest BCUT2D eigenvalue weighted by Crippen LogP contribution is 2.15. The van der Waals surface area contributed by atoms with Crippen LogP contribution in [0.5, 0.6) is 0 Å². The standard InChI is InChI=1S/C13H21N3O.ClH/c1-9(2)6-10(3)7-13(17)16-11-4-5-12(14)15-8-11;/h4-5,8-10H,6-7H2,1-3H3,(H2,14,15)(H,16,17);1H. The lowest BCUT2D eigenvalue weighted by molar-refractivity contribution is -0.117. The summed E-state index contributed by atoms with van der Waals surface area (Å²) in [5.41, 5.74) is 6.16. The van der Waals surface area contributed by atoms with Crippen LogP contribution in [0.4, 0.5) is 11.5 Å². The lowest BCUT2D eigenvalue weighted by atomic mass is 9.96. The second-order valence-corrected chi connectivity index (χ2v) is 4.96. The fraction of sp³-hybridized carbons (Fsp3) is 0.538. The van der Waals surface area contributed by atoms with E-state index in [1.165, 1.54) is 0 Å². The van der Waals surface area contributed by atoms with Gasteiger partial charge in [-0.05, 0) is 30.4 Å². The molecule has 1 rings (SSSR count).